The number of carbonyl (C=O) groups excluding carboxylic acids is 2. The monoisotopic (exact) mass is 229 g/mol. The molecule has 0 aromatic heterocycles. The van der Waals surface area contributed by atoms with Crippen LogP contribution < -0.4 is 21.8 Å². The fourth-order valence-corrected chi connectivity index (χ4v) is 1.20. The molecule has 1 unspecified atom stereocenters. The lowest BCUT2D eigenvalue weighted by atomic mass is 9.99. The molecule has 0 spiro atoms. The first-order valence-corrected chi connectivity index (χ1v) is 4.64. The van der Waals surface area contributed by atoms with E-state index in [1.165, 1.54) is 6.21 Å². The minimum atomic E-state index is -1.12. The summed E-state index contributed by atoms with van der Waals surface area (Å²) in [5.74, 6) is -0.441. The van der Waals surface area contributed by atoms with Crippen LogP contribution in [0.5, 0.6) is 0 Å². The van der Waals surface area contributed by atoms with E-state index in [2.05, 4.69) is 33.4 Å². The first kappa shape index (κ1) is 11.4. The van der Waals surface area contributed by atoms with E-state index in [0.717, 1.165) is 0 Å². The standard InChI is InChI=1S/C7H11N5O2S/c1-2-7(3-9-12-5(8)15)4(13)10-6(14)11-7/h3H,2H2,1H3,(H3,8,12,15)(H2,10,11,13,14)/b9-3+. The van der Waals surface area contributed by atoms with Gasteiger partial charge in [-0.15, -0.1) is 0 Å². The third-order valence-electron chi connectivity index (χ3n) is 1.99. The van der Waals surface area contributed by atoms with Crippen LogP contribution in [-0.2, 0) is 4.79 Å². The molecule has 3 amide bonds. The Hall–Kier alpha value is -1.70. The van der Waals surface area contributed by atoms with Crippen molar-refractivity contribution < 1.29 is 9.59 Å². The van der Waals surface area contributed by atoms with E-state index >= 15 is 0 Å². The van der Waals surface area contributed by atoms with Gasteiger partial charge >= 0.3 is 6.03 Å². The number of nitrogens with zero attached hydrogens (tertiary/aromatic N) is 1. The second-order valence-electron chi connectivity index (χ2n) is 2.97. The molecule has 7 nitrogen and oxygen atoms in total. The Morgan fingerprint density at radius 2 is 2.40 bits per heavy atom. The molecule has 1 fully saturated rings. The first-order valence-electron chi connectivity index (χ1n) is 4.23. The Labute approximate surface area is 91.5 Å². The molecular formula is C7H11N5O2S. The van der Waals surface area contributed by atoms with Crippen molar-refractivity contribution in [2.75, 3.05) is 0 Å². The normalized spacial score (nSPS) is 25.1. The molecule has 1 saturated heterocycles. The summed E-state index contributed by atoms with van der Waals surface area (Å²) in [6.07, 6.45) is 1.65. The summed E-state index contributed by atoms with van der Waals surface area (Å²) in [5, 5.41) is 8.24. The highest BCUT2D eigenvalue weighted by molar-refractivity contribution is 7.80. The van der Waals surface area contributed by atoms with Crippen LogP contribution >= 0.6 is 12.2 Å². The second kappa shape index (κ2) is 4.22. The number of hydrogen-bond acceptors (Lipinski definition) is 4. The molecule has 5 N–H and O–H groups in total. The lowest BCUT2D eigenvalue weighted by molar-refractivity contribution is -0.121. The third-order valence-corrected chi connectivity index (χ3v) is 2.08. The molecule has 8 heteroatoms. The number of rotatable bonds is 3. The highest BCUT2D eigenvalue weighted by atomic mass is 32.1. The Bertz CT molecular complexity index is 342. The van der Waals surface area contributed by atoms with E-state index in [1.807, 2.05) is 0 Å². The van der Waals surface area contributed by atoms with Crippen LogP contribution in [0, 0.1) is 0 Å². The van der Waals surface area contributed by atoms with Crippen molar-refractivity contribution in [1.82, 2.24) is 16.1 Å². The van der Waals surface area contributed by atoms with E-state index in [0.29, 0.717) is 6.42 Å². The maximum Gasteiger partial charge on any atom is 0.322 e. The van der Waals surface area contributed by atoms with E-state index in [9.17, 15) is 9.59 Å². The van der Waals surface area contributed by atoms with E-state index in [-0.39, 0.29) is 5.11 Å². The van der Waals surface area contributed by atoms with Gasteiger partial charge in [0.1, 0.15) is 0 Å². The highest BCUT2D eigenvalue weighted by Gasteiger charge is 2.43. The van der Waals surface area contributed by atoms with Gasteiger partial charge in [-0.1, -0.05) is 6.92 Å². The number of thiocarbonyl (C=S) groups is 1. The summed E-state index contributed by atoms with van der Waals surface area (Å²) in [6, 6.07) is -0.538. The van der Waals surface area contributed by atoms with Crippen LogP contribution in [0.3, 0.4) is 0 Å². The van der Waals surface area contributed by atoms with Crippen molar-refractivity contribution in [3.05, 3.63) is 0 Å². The molecule has 0 bridgehead atoms. The molecule has 1 aliphatic rings. The van der Waals surface area contributed by atoms with E-state index in [4.69, 9.17) is 5.73 Å². The van der Waals surface area contributed by atoms with E-state index < -0.39 is 17.5 Å². The summed E-state index contributed by atoms with van der Waals surface area (Å²) >= 11 is 4.53. The zero-order valence-corrected chi connectivity index (χ0v) is 8.85. The number of hydrogen-bond donors (Lipinski definition) is 4. The molecule has 1 atom stereocenters. The average molecular weight is 229 g/mol. The molecule has 1 heterocycles. The molecule has 15 heavy (non-hydrogen) atoms. The topological polar surface area (TPSA) is 109 Å². The SMILES string of the molecule is CCC1(/C=N/NC(N)=S)NC(=O)NC1=O. The number of carbonyl (C=O) groups is 2. The Balaban J connectivity index is 2.77. The van der Waals surface area contributed by atoms with Crippen LogP contribution in [0.4, 0.5) is 4.79 Å². The fourth-order valence-electron chi connectivity index (χ4n) is 1.14. The van der Waals surface area contributed by atoms with Gasteiger partial charge in [0.2, 0.25) is 0 Å². The summed E-state index contributed by atoms with van der Waals surface area (Å²) in [5.41, 5.74) is 6.34. The Morgan fingerprint density at radius 3 is 2.80 bits per heavy atom. The molecule has 1 rings (SSSR count). The van der Waals surface area contributed by atoms with Crippen LogP contribution in [0.1, 0.15) is 13.3 Å². The maximum atomic E-state index is 11.4. The van der Waals surface area contributed by atoms with Crippen molar-refractivity contribution in [3.63, 3.8) is 0 Å². The van der Waals surface area contributed by atoms with Gasteiger partial charge in [0.15, 0.2) is 10.7 Å². The fraction of sp³-hybridized carbons (Fsp3) is 0.429. The number of hydrazone groups is 1. The van der Waals surface area contributed by atoms with E-state index in [1.54, 1.807) is 6.92 Å². The van der Waals surface area contributed by atoms with Crippen LogP contribution in [0.15, 0.2) is 5.10 Å². The van der Waals surface area contributed by atoms with Gasteiger partial charge in [0, 0.05) is 0 Å². The maximum absolute atomic E-state index is 11.4. The molecule has 0 saturated carbocycles. The Morgan fingerprint density at radius 1 is 1.73 bits per heavy atom. The molecule has 0 aliphatic carbocycles. The smallest absolute Gasteiger partial charge is 0.322 e. The average Bonchev–Trinajstić information content (AvgIpc) is 2.41. The summed E-state index contributed by atoms with van der Waals surface area (Å²) in [4.78, 5) is 22.4. The van der Waals surface area contributed by atoms with Gasteiger partial charge in [-0.2, -0.15) is 5.10 Å². The van der Waals surface area contributed by atoms with Crippen LogP contribution in [-0.4, -0.2) is 28.8 Å². The van der Waals surface area contributed by atoms with Gasteiger partial charge in [-0.3, -0.25) is 15.5 Å². The number of nitrogens with one attached hydrogen (secondary N) is 3. The van der Waals surface area contributed by atoms with Gasteiger partial charge in [0.25, 0.3) is 5.91 Å². The lowest BCUT2D eigenvalue weighted by Crippen LogP contribution is -2.48. The zero-order chi connectivity index (χ0) is 11.5. The zero-order valence-electron chi connectivity index (χ0n) is 8.03. The number of urea groups is 1. The molecule has 0 radical (unpaired) electrons. The lowest BCUT2D eigenvalue weighted by Gasteiger charge is -2.18. The van der Waals surface area contributed by atoms with Crippen molar-refractivity contribution in [1.29, 1.82) is 0 Å². The minimum Gasteiger partial charge on any atom is -0.375 e. The predicted octanol–water partition coefficient (Wildman–Crippen LogP) is -1.21. The number of imide groups is 1. The van der Waals surface area contributed by atoms with Crippen molar-refractivity contribution in [2.24, 2.45) is 10.8 Å². The number of amides is 3. The summed E-state index contributed by atoms with van der Waals surface area (Å²) in [6.45, 7) is 1.75. The van der Waals surface area contributed by atoms with Crippen molar-refractivity contribution in [3.8, 4) is 0 Å². The van der Waals surface area contributed by atoms with Gasteiger partial charge in [0.05, 0.1) is 6.21 Å². The molecule has 0 aromatic rings. The van der Waals surface area contributed by atoms with Gasteiger partial charge < -0.3 is 11.1 Å². The molecular weight excluding hydrogens is 218 g/mol. The van der Waals surface area contributed by atoms with Gasteiger partial charge in [-0.05, 0) is 18.6 Å². The molecule has 82 valence electrons. The number of nitrogens with two attached hydrogens (primary N) is 1. The largest absolute Gasteiger partial charge is 0.375 e. The van der Waals surface area contributed by atoms with Crippen molar-refractivity contribution >= 4 is 35.5 Å². The van der Waals surface area contributed by atoms with Gasteiger partial charge in [-0.25, -0.2) is 4.79 Å². The minimum absolute atomic E-state index is 0.0118. The molecule has 1 aliphatic heterocycles. The quantitative estimate of drug-likeness (QED) is 0.210. The van der Waals surface area contributed by atoms with Crippen molar-refractivity contribution in [2.45, 2.75) is 18.9 Å². The third kappa shape index (κ3) is 2.40. The first-order chi connectivity index (χ1) is 7.00. The Kier molecular flexibility index (Phi) is 3.20. The summed E-state index contributed by atoms with van der Waals surface area (Å²) in [7, 11) is 0. The highest BCUT2D eigenvalue weighted by Crippen LogP contribution is 2.12. The molecule has 0 aromatic carbocycles. The van der Waals surface area contributed by atoms with Crippen LogP contribution in [0.2, 0.25) is 0 Å². The predicted molar refractivity (Wildman–Crippen MR) is 58.1 cm³/mol. The van der Waals surface area contributed by atoms with Crippen LogP contribution in [0.25, 0.3) is 0 Å². The second-order valence-corrected chi connectivity index (χ2v) is 3.41. The summed E-state index contributed by atoms with van der Waals surface area (Å²) < 4.78 is 0.